The van der Waals surface area contributed by atoms with Gasteiger partial charge in [0.25, 0.3) is 0 Å². The van der Waals surface area contributed by atoms with Crippen molar-refractivity contribution in [2.75, 3.05) is 7.05 Å². The third-order valence-corrected chi connectivity index (χ3v) is 3.90. The Morgan fingerprint density at radius 1 is 1.33 bits per heavy atom. The molecular formula is C13H18FN3O. The average Bonchev–Trinajstić information content (AvgIpc) is 3.01. The molecule has 0 radical (unpaired) electrons. The van der Waals surface area contributed by atoms with Gasteiger partial charge in [-0.25, -0.2) is 4.98 Å². The van der Waals surface area contributed by atoms with Gasteiger partial charge in [0.1, 0.15) is 0 Å². The Kier molecular flexibility index (Phi) is 2.55. The van der Waals surface area contributed by atoms with Crippen molar-refractivity contribution in [3.8, 4) is 5.88 Å². The lowest BCUT2D eigenvalue weighted by Gasteiger charge is -2.34. The second-order valence-corrected chi connectivity index (χ2v) is 5.65. The fourth-order valence-electron chi connectivity index (χ4n) is 2.66. The molecule has 1 saturated carbocycles. The summed E-state index contributed by atoms with van der Waals surface area (Å²) in [5, 5.41) is 0. The zero-order valence-electron chi connectivity index (χ0n) is 11.0. The summed E-state index contributed by atoms with van der Waals surface area (Å²) in [6.07, 6.45) is 2.48. The van der Waals surface area contributed by atoms with Crippen molar-refractivity contribution < 1.29 is 9.13 Å². The molecule has 0 amide bonds. The molecule has 2 aliphatic rings. The maximum Gasteiger partial charge on any atom is 0.312 e. The molecular weight excluding hydrogens is 233 g/mol. The zero-order valence-corrected chi connectivity index (χ0v) is 11.0. The standard InChI is InChI=1S/C13H18FN3O/c1-8(2)18-11-9-7-17(3)13(4-5-13)6-10(9)15-12(14)16-11/h8H,4-7H2,1-3H3. The number of fused-ring (bicyclic) bond motifs is 1. The number of nitrogens with zero attached hydrogens (tertiary/aromatic N) is 3. The van der Waals surface area contributed by atoms with Crippen LogP contribution in [0.15, 0.2) is 0 Å². The Balaban J connectivity index is 2.00. The SMILES string of the molecule is CC(C)Oc1nc(F)nc2c1CN(C)C1(CC1)C2. The van der Waals surface area contributed by atoms with Crippen LogP contribution in [-0.2, 0) is 13.0 Å². The molecule has 4 nitrogen and oxygen atoms in total. The van der Waals surface area contributed by atoms with Gasteiger partial charge in [-0.05, 0) is 33.7 Å². The Bertz CT molecular complexity index is 468. The van der Waals surface area contributed by atoms with E-state index in [-0.39, 0.29) is 11.6 Å². The molecule has 0 aromatic carbocycles. The Morgan fingerprint density at radius 3 is 2.67 bits per heavy atom. The molecule has 18 heavy (non-hydrogen) atoms. The molecule has 1 aliphatic heterocycles. The van der Waals surface area contributed by atoms with Crippen molar-refractivity contribution in [1.82, 2.24) is 14.9 Å². The minimum Gasteiger partial charge on any atom is -0.475 e. The summed E-state index contributed by atoms with van der Waals surface area (Å²) >= 11 is 0. The second kappa shape index (κ2) is 3.88. The lowest BCUT2D eigenvalue weighted by atomic mass is 9.98. The van der Waals surface area contributed by atoms with Crippen LogP contribution in [0.2, 0.25) is 0 Å². The summed E-state index contributed by atoms with van der Waals surface area (Å²) in [6.45, 7) is 4.58. The largest absolute Gasteiger partial charge is 0.475 e. The highest BCUT2D eigenvalue weighted by atomic mass is 19.1. The summed E-state index contributed by atoms with van der Waals surface area (Å²) in [5.41, 5.74) is 2.00. The highest BCUT2D eigenvalue weighted by molar-refractivity contribution is 5.35. The zero-order chi connectivity index (χ0) is 12.9. The molecule has 1 fully saturated rings. The van der Waals surface area contributed by atoms with Crippen molar-refractivity contribution >= 4 is 0 Å². The van der Waals surface area contributed by atoms with E-state index >= 15 is 0 Å². The summed E-state index contributed by atoms with van der Waals surface area (Å²) < 4.78 is 19.1. The van der Waals surface area contributed by atoms with Gasteiger partial charge in [-0.1, -0.05) is 0 Å². The van der Waals surface area contributed by atoms with Crippen LogP contribution in [0.5, 0.6) is 5.88 Å². The lowest BCUT2D eigenvalue weighted by Crippen LogP contribution is -2.40. The molecule has 0 unspecified atom stereocenters. The molecule has 0 bridgehead atoms. The first-order valence-electron chi connectivity index (χ1n) is 6.43. The van der Waals surface area contributed by atoms with E-state index in [1.54, 1.807) is 0 Å². The molecule has 0 saturated heterocycles. The van der Waals surface area contributed by atoms with Crippen molar-refractivity contribution in [3.63, 3.8) is 0 Å². The number of ether oxygens (including phenoxy) is 1. The molecule has 5 heteroatoms. The van der Waals surface area contributed by atoms with Crippen LogP contribution in [0.4, 0.5) is 4.39 Å². The summed E-state index contributed by atoms with van der Waals surface area (Å²) in [6, 6.07) is 0. The van der Waals surface area contributed by atoms with Gasteiger partial charge in [0.15, 0.2) is 0 Å². The van der Waals surface area contributed by atoms with Gasteiger partial charge in [0.2, 0.25) is 5.88 Å². The van der Waals surface area contributed by atoms with Crippen molar-refractivity contribution in [3.05, 3.63) is 17.3 Å². The smallest absolute Gasteiger partial charge is 0.312 e. The van der Waals surface area contributed by atoms with Gasteiger partial charge < -0.3 is 4.74 Å². The topological polar surface area (TPSA) is 38.3 Å². The van der Waals surface area contributed by atoms with E-state index in [1.165, 1.54) is 12.8 Å². The number of halogens is 1. The van der Waals surface area contributed by atoms with Crippen LogP contribution in [0.25, 0.3) is 0 Å². The van der Waals surface area contributed by atoms with Crippen LogP contribution >= 0.6 is 0 Å². The Morgan fingerprint density at radius 2 is 2.06 bits per heavy atom. The van der Waals surface area contributed by atoms with Crippen LogP contribution in [0, 0.1) is 6.08 Å². The van der Waals surface area contributed by atoms with Crippen molar-refractivity contribution in [1.29, 1.82) is 0 Å². The number of hydrogen-bond donors (Lipinski definition) is 0. The Hall–Kier alpha value is -1.23. The number of aromatic nitrogens is 2. The Labute approximate surface area is 106 Å². The van der Waals surface area contributed by atoms with Gasteiger partial charge in [-0.3, -0.25) is 4.90 Å². The van der Waals surface area contributed by atoms with Crippen molar-refractivity contribution in [2.24, 2.45) is 0 Å². The predicted molar refractivity (Wildman–Crippen MR) is 64.9 cm³/mol. The molecule has 1 aliphatic carbocycles. The minimum atomic E-state index is -0.676. The highest BCUT2D eigenvalue weighted by Gasteiger charge is 2.50. The van der Waals surface area contributed by atoms with Gasteiger partial charge in [0, 0.05) is 18.5 Å². The van der Waals surface area contributed by atoms with E-state index in [1.807, 2.05) is 13.8 Å². The van der Waals surface area contributed by atoms with Gasteiger partial charge >= 0.3 is 6.08 Å². The average molecular weight is 251 g/mol. The van der Waals surface area contributed by atoms with E-state index in [0.29, 0.717) is 5.88 Å². The maximum atomic E-state index is 13.5. The third kappa shape index (κ3) is 1.86. The molecule has 98 valence electrons. The molecule has 1 aromatic heterocycles. The van der Waals surface area contributed by atoms with Crippen LogP contribution in [0.3, 0.4) is 0 Å². The molecule has 0 N–H and O–H groups in total. The van der Waals surface area contributed by atoms with E-state index in [2.05, 4.69) is 21.9 Å². The molecule has 1 spiro atoms. The van der Waals surface area contributed by atoms with Crippen LogP contribution < -0.4 is 4.74 Å². The first kappa shape index (κ1) is 11.8. The highest BCUT2D eigenvalue weighted by Crippen LogP contribution is 2.48. The van der Waals surface area contributed by atoms with Crippen LogP contribution in [0.1, 0.15) is 37.9 Å². The molecule has 2 heterocycles. The second-order valence-electron chi connectivity index (χ2n) is 5.65. The minimum absolute atomic E-state index is 0.00878. The predicted octanol–water partition coefficient (Wildman–Crippen LogP) is 1.92. The van der Waals surface area contributed by atoms with Gasteiger partial charge in [-0.2, -0.15) is 9.37 Å². The van der Waals surface area contributed by atoms with Gasteiger partial charge in [0.05, 0.1) is 17.4 Å². The van der Waals surface area contributed by atoms with E-state index < -0.39 is 6.08 Å². The fraction of sp³-hybridized carbons (Fsp3) is 0.692. The fourth-order valence-corrected chi connectivity index (χ4v) is 2.66. The third-order valence-electron chi connectivity index (χ3n) is 3.90. The quantitative estimate of drug-likeness (QED) is 0.753. The van der Waals surface area contributed by atoms with E-state index in [4.69, 9.17) is 4.74 Å². The lowest BCUT2D eigenvalue weighted by molar-refractivity contribution is 0.174. The van der Waals surface area contributed by atoms with Gasteiger partial charge in [-0.15, -0.1) is 0 Å². The molecule has 1 aromatic rings. The van der Waals surface area contributed by atoms with Crippen molar-refractivity contribution in [2.45, 2.75) is 51.3 Å². The van der Waals surface area contributed by atoms with E-state index in [9.17, 15) is 4.39 Å². The summed E-state index contributed by atoms with van der Waals surface area (Å²) in [5.74, 6) is 0.412. The molecule has 0 atom stereocenters. The summed E-state index contributed by atoms with van der Waals surface area (Å²) in [7, 11) is 2.11. The number of likely N-dealkylation sites (N-methyl/N-ethyl adjacent to an activating group) is 1. The monoisotopic (exact) mass is 251 g/mol. The maximum absolute atomic E-state index is 13.5. The summed E-state index contributed by atoms with van der Waals surface area (Å²) in [4.78, 5) is 10.1. The number of hydrogen-bond acceptors (Lipinski definition) is 4. The number of rotatable bonds is 2. The van der Waals surface area contributed by atoms with Crippen LogP contribution in [-0.4, -0.2) is 33.6 Å². The van der Waals surface area contributed by atoms with E-state index in [0.717, 1.165) is 24.2 Å². The first-order chi connectivity index (χ1) is 8.50. The normalized spacial score (nSPS) is 21.2. The first-order valence-corrected chi connectivity index (χ1v) is 6.43. The molecule has 3 rings (SSSR count).